The Morgan fingerprint density at radius 1 is 0.952 bits per heavy atom. The lowest BCUT2D eigenvalue weighted by Gasteiger charge is -2.25. The van der Waals surface area contributed by atoms with E-state index >= 15 is 0 Å². The molecule has 0 fully saturated rings. The molecule has 2 N–H and O–H groups in total. The second-order valence-electron chi connectivity index (χ2n) is 5.28. The molecule has 0 aromatic heterocycles. The lowest BCUT2D eigenvalue weighted by atomic mass is 10.1. The maximum atomic E-state index is 6.08. The van der Waals surface area contributed by atoms with Gasteiger partial charge in [-0.25, -0.2) is 0 Å². The number of nitrogens with two attached hydrogens (primary N) is 1. The monoisotopic (exact) mass is 276 g/mol. The molecule has 0 unspecified atom stereocenters. The predicted octanol–water partition coefficient (Wildman–Crippen LogP) is 4.89. The van der Waals surface area contributed by atoms with Crippen molar-refractivity contribution in [3.8, 4) is 0 Å². The van der Waals surface area contributed by atoms with Gasteiger partial charge in [-0.15, -0.1) is 0 Å². The molecule has 0 aliphatic carbocycles. The minimum atomic E-state index is 0.839. The van der Waals surface area contributed by atoms with Crippen LogP contribution < -0.4 is 10.6 Å². The Balaban J connectivity index is 2.16. The number of nitrogen functional groups attached to an aromatic ring is 1. The van der Waals surface area contributed by atoms with E-state index in [1.54, 1.807) is 0 Å². The van der Waals surface area contributed by atoms with Crippen LogP contribution in [0, 0.1) is 6.92 Å². The Labute approximate surface area is 125 Å². The normalized spacial score (nSPS) is 10.8. The number of fused-ring (bicyclic) bond motifs is 1. The van der Waals surface area contributed by atoms with Crippen molar-refractivity contribution in [3.05, 3.63) is 66.2 Å². The summed E-state index contributed by atoms with van der Waals surface area (Å²) in [5, 5.41) is 2.52. The lowest BCUT2D eigenvalue weighted by Crippen LogP contribution is -2.16. The van der Waals surface area contributed by atoms with E-state index in [2.05, 4.69) is 72.5 Å². The third kappa shape index (κ3) is 2.45. The van der Waals surface area contributed by atoms with Crippen LogP contribution in [0.25, 0.3) is 10.8 Å². The topological polar surface area (TPSA) is 29.3 Å². The largest absolute Gasteiger partial charge is 0.398 e. The highest BCUT2D eigenvalue weighted by atomic mass is 15.1. The highest BCUT2D eigenvalue weighted by molar-refractivity contribution is 5.96. The summed E-state index contributed by atoms with van der Waals surface area (Å²) in [5.41, 5.74) is 10.4. The van der Waals surface area contributed by atoms with E-state index in [1.165, 1.54) is 16.5 Å². The van der Waals surface area contributed by atoms with Crippen LogP contribution in [-0.4, -0.2) is 6.54 Å². The second-order valence-corrected chi connectivity index (χ2v) is 5.28. The molecule has 0 saturated carbocycles. The summed E-state index contributed by atoms with van der Waals surface area (Å²) in [6.07, 6.45) is 0. The Kier molecular flexibility index (Phi) is 3.53. The first-order valence-corrected chi connectivity index (χ1v) is 7.32. The first kappa shape index (κ1) is 13.5. The van der Waals surface area contributed by atoms with Gasteiger partial charge in [-0.05, 0) is 43.0 Å². The molecule has 0 spiro atoms. The highest BCUT2D eigenvalue weighted by Crippen LogP contribution is 2.33. The average Bonchev–Trinajstić information content (AvgIpc) is 2.52. The van der Waals surface area contributed by atoms with Gasteiger partial charge in [-0.1, -0.05) is 42.5 Å². The summed E-state index contributed by atoms with van der Waals surface area (Å²) in [5.74, 6) is 0. The molecule has 0 amide bonds. The molecule has 0 aliphatic heterocycles. The number of rotatable bonds is 3. The van der Waals surface area contributed by atoms with E-state index in [0.29, 0.717) is 0 Å². The van der Waals surface area contributed by atoms with Gasteiger partial charge in [0.15, 0.2) is 0 Å². The number of benzene rings is 3. The Morgan fingerprint density at radius 3 is 2.48 bits per heavy atom. The third-order valence-electron chi connectivity index (χ3n) is 3.95. The number of aryl methyl sites for hydroxylation is 1. The average molecular weight is 276 g/mol. The smallest absolute Gasteiger partial charge is 0.0490 e. The number of hydrogen-bond donors (Lipinski definition) is 1. The van der Waals surface area contributed by atoms with Crippen molar-refractivity contribution in [2.75, 3.05) is 17.2 Å². The van der Waals surface area contributed by atoms with Crippen LogP contribution in [-0.2, 0) is 0 Å². The first-order valence-electron chi connectivity index (χ1n) is 7.32. The Bertz CT molecular complexity index is 772. The predicted molar refractivity (Wildman–Crippen MR) is 92.2 cm³/mol. The van der Waals surface area contributed by atoms with E-state index in [0.717, 1.165) is 23.5 Å². The molecule has 0 radical (unpaired) electrons. The fourth-order valence-corrected chi connectivity index (χ4v) is 2.73. The summed E-state index contributed by atoms with van der Waals surface area (Å²) in [4.78, 5) is 2.30. The molecule has 3 rings (SSSR count). The summed E-state index contributed by atoms with van der Waals surface area (Å²) in [6, 6.07) is 21.2. The summed E-state index contributed by atoms with van der Waals surface area (Å²) in [6.45, 7) is 5.10. The van der Waals surface area contributed by atoms with Gasteiger partial charge >= 0.3 is 0 Å². The van der Waals surface area contributed by atoms with Gasteiger partial charge in [0.25, 0.3) is 0 Å². The van der Waals surface area contributed by atoms with Crippen LogP contribution in [0.3, 0.4) is 0 Å². The fraction of sp³-hybridized carbons (Fsp3) is 0.158. The maximum absolute atomic E-state index is 6.08. The molecule has 3 aromatic carbocycles. The number of hydrogen-bond acceptors (Lipinski definition) is 2. The zero-order chi connectivity index (χ0) is 14.8. The molecular formula is C19H20N2. The molecule has 0 bridgehead atoms. The minimum absolute atomic E-state index is 0.839. The molecule has 106 valence electrons. The molecule has 21 heavy (non-hydrogen) atoms. The standard InChI is InChI=1S/C19H20N2/c1-3-21(16-12-11-14(2)18(20)13-16)19-10-6-8-15-7-4-5-9-17(15)19/h4-13H,3,20H2,1-2H3. The first-order chi connectivity index (χ1) is 10.2. The van der Waals surface area contributed by atoms with Gasteiger partial charge in [0, 0.05) is 29.0 Å². The maximum Gasteiger partial charge on any atom is 0.0490 e. The van der Waals surface area contributed by atoms with Crippen LogP contribution in [0.2, 0.25) is 0 Å². The molecule has 3 aromatic rings. The zero-order valence-corrected chi connectivity index (χ0v) is 12.5. The van der Waals surface area contributed by atoms with E-state index < -0.39 is 0 Å². The van der Waals surface area contributed by atoms with Crippen LogP contribution in [0.1, 0.15) is 12.5 Å². The van der Waals surface area contributed by atoms with Crippen molar-refractivity contribution < 1.29 is 0 Å². The molecule has 0 atom stereocenters. The molecule has 0 aliphatic rings. The van der Waals surface area contributed by atoms with Gasteiger partial charge in [-0.3, -0.25) is 0 Å². The van der Waals surface area contributed by atoms with Gasteiger partial charge in [0.1, 0.15) is 0 Å². The van der Waals surface area contributed by atoms with Crippen molar-refractivity contribution >= 4 is 27.8 Å². The molecule has 2 nitrogen and oxygen atoms in total. The van der Waals surface area contributed by atoms with Crippen LogP contribution in [0.5, 0.6) is 0 Å². The Hall–Kier alpha value is -2.48. The summed E-state index contributed by atoms with van der Waals surface area (Å²) in [7, 11) is 0. The quantitative estimate of drug-likeness (QED) is 0.690. The molecule has 0 saturated heterocycles. The molecule has 2 heteroatoms. The molecular weight excluding hydrogens is 256 g/mol. The van der Waals surface area contributed by atoms with Crippen molar-refractivity contribution in [3.63, 3.8) is 0 Å². The van der Waals surface area contributed by atoms with Gasteiger partial charge in [0.05, 0.1) is 0 Å². The van der Waals surface area contributed by atoms with Gasteiger partial charge < -0.3 is 10.6 Å². The molecule has 0 heterocycles. The van der Waals surface area contributed by atoms with Crippen molar-refractivity contribution in [2.24, 2.45) is 0 Å². The van der Waals surface area contributed by atoms with Crippen molar-refractivity contribution in [1.82, 2.24) is 0 Å². The third-order valence-corrected chi connectivity index (χ3v) is 3.95. The summed E-state index contributed by atoms with van der Waals surface area (Å²) < 4.78 is 0. The van der Waals surface area contributed by atoms with E-state index in [1.807, 2.05) is 6.92 Å². The van der Waals surface area contributed by atoms with Crippen molar-refractivity contribution in [1.29, 1.82) is 0 Å². The van der Waals surface area contributed by atoms with Crippen LogP contribution >= 0.6 is 0 Å². The number of anilines is 3. The van der Waals surface area contributed by atoms with Crippen LogP contribution in [0.15, 0.2) is 60.7 Å². The van der Waals surface area contributed by atoms with E-state index in [4.69, 9.17) is 5.73 Å². The lowest BCUT2D eigenvalue weighted by molar-refractivity contribution is 1.03. The van der Waals surface area contributed by atoms with Crippen molar-refractivity contribution in [2.45, 2.75) is 13.8 Å². The minimum Gasteiger partial charge on any atom is -0.398 e. The summed E-state index contributed by atoms with van der Waals surface area (Å²) >= 11 is 0. The van der Waals surface area contributed by atoms with Gasteiger partial charge in [0.2, 0.25) is 0 Å². The van der Waals surface area contributed by atoms with Crippen LogP contribution in [0.4, 0.5) is 17.1 Å². The van der Waals surface area contributed by atoms with E-state index in [9.17, 15) is 0 Å². The highest BCUT2D eigenvalue weighted by Gasteiger charge is 2.11. The van der Waals surface area contributed by atoms with E-state index in [-0.39, 0.29) is 0 Å². The Morgan fingerprint density at radius 2 is 1.71 bits per heavy atom. The fourth-order valence-electron chi connectivity index (χ4n) is 2.73. The SMILES string of the molecule is CCN(c1ccc(C)c(N)c1)c1cccc2ccccc12. The second kappa shape index (κ2) is 5.49. The number of nitrogens with zero attached hydrogens (tertiary/aromatic N) is 1. The zero-order valence-electron chi connectivity index (χ0n) is 12.5. The van der Waals surface area contributed by atoms with Gasteiger partial charge in [-0.2, -0.15) is 0 Å².